The van der Waals surface area contributed by atoms with Crippen LogP contribution in [0.1, 0.15) is 0 Å². The SMILES string of the molecule is O=C(O)C(F)(I)C(F)(F)F.[Mg]. The molecule has 0 saturated carbocycles. The van der Waals surface area contributed by atoms with Crippen LogP contribution in [0.15, 0.2) is 0 Å². The molecule has 0 rings (SSSR count). The van der Waals surface area contributed by atoms with Crippen LogP contribution in [0.2, 0.25) is 0 Å². The summed E-state index contributed by atoms with van der Waals surface area (Å²) in [4.78, 5) is 9.57. The van der Waals surface area contributed by atoms with Gasteiger partial charge in [-0.2, -0.15) is 13.2 Å². The van der Waals surface area contributed by atoms with Crippen molar-refractivity contribution in [2.75, 3.05) is 0 Å². The zero-order chi connectivity index (χ0) is 8.58. The largest absolute Gasteiger partial charge is 0.478 e. The van der Waals surface area contributed by atoms with Gasteiger partial charge in [0.25, 0.3) is 0 Å². The van der Waals surface area contributed by atoms with E-state index in [1.807, 2.05) is 0 Å². The smallest absolute Gasteiger partial charge is 0.443 e. The van der Waals surface area contributed by atoms with E-state index in [9.17, 15) is 22.4 Å². The molecule has 0 aromatic heterocycles. The quantitative estimate of drug-likeness (QED) is 0.343. The molecule has 8 heteroatoms. The van der Waals surface area contributed by atoms with E-state index in [0.29, 0.717) is 0 Å². The summed E-state index contributed by atoms with van der Waals surface area (Å²) in [5.74, 6) is -2.54. The fourth-order valence-corrected chi connectivity index (χ4v) is 0.121. The van der Waals surface area contributed by atoms with Gasteiger partial charge in [-0.25, -0.2) is 9.18 Å². The van der Waals surface area contributed by atoms with E-state index < -0.39 is 15.8 Å². The Hall–Kier alpha value is 0.686. The number of hydrogen-bond acceptors (Lipinski definition) is 1. The van der Waals surface area contributed by atoms with Gasteiger partial charge >= 0.3 is 15.8 Å². The van der Waals surface area contributed by atoms with Gasteiger partial charge in [0.05, 0.1) is 0 Å². The van der Waals surface area contributed by atoms with Gasteiger partial charge in [-0.3, -0.25) is 0 Å². The molecule has 0 fully saturated rings. The molecule has 0 aliphatic carbocycles. The van der Waals surface area contributed by atoms with Crippen molar-refractivity contribution in [2.24, 2.45) is 0 Å². The second kappa shape index (κ2) is 4.07. The van der Waals surface area contributed by atoms with Crippen molar-refractivity contribution in [3.63, 3.8) is 0 Å². The Morgan fingerprint density at radius 1 is 1.27 bits per heavy atom. The minimum absolute atomic E-state index is 0. The Balaban J connectivity index is 0. The van der Waals surface area contributed by atoms with Crippen molar-refractivity contribution >= 4 is 51.6 Å². The van der Waals surface area contributed by atoms with Crippen molar-refractivity contribution in [2.45, 2.75) is 9.85 Å². The lowest BCUT2D eigenvalue weighted by Gasteiger charge is -2.15. The molecule has 0 aromatic carbocycles. The number of carbonyl (C=O) groups is 1. The molecule has 11 heavy (non-hydrogen) atoms. The molecule has 0 aliphatic heterocycles. The highest BCUT2D eigenvalue weighted by Gasteiger charge is 2.60. The molecular formula is C3HF4IMgO2. The van der Waals surface area contributed by atoms with Gasteiger partial charge in [-0.1, -0.05) is 0 Å². The molecule has 62 valence electrons. The van der Waals surface area contributed by atoms with Gasteiger partial charge in [0.1, 0.15) is 0 Å². The first kappa shape index (κ1) is 14.2. The molecule has 1 unspecified atom stereocenters. The third-order valence-corrected chi connectivity index (χ3v) is 1.70. The first-order chi connectivity index (χ1) is 4.19. The fourth-order valence-electron chi connectivity index (χ4n) is 0.121. The lowest BCUT2D eigenvalue weighted by Crippen LogP contribution is -2.42. The van der Waals surface area contributed by atoms with Gasteiger partial charge in [0, 0.05) is 23.1 Å². The molecule has 2 nitrogen and oxygen atoms in total. The first-order valence-corrected chi connectivity index (χ1v) is 2.95. The number of aliphatic carboxylic acids is 1. The monoisotopic (exact) mass is 296 g/mol. The lowest BCUT2D eigenvalue weighted by atomic mass is 10.4. The van der Waals surface area contributed by atoms with E-state index in [4.69, 9.17) is 5.11 Å². The van der Waals surface area contributed by atoms with Crippen LogP contribution < -0.4 is 0 Å². The van der Waals surface area contributed by atoms with Gasteiger partial charge in [-0.05, 0) is 22.6 Å². The third-order valence-electron chi connectivity index (χ3n) is 0.625. The second-order valence-corrected chi connectivity index (χ2v) is 2.86. The third kappa shape index (κ3) is 3.28. The molecule has 1 atom stereocenters. The standard InChI is InChI=1S/C3HF4IO2.Mg/c4-2(8,1(9)10)3(5,6)7;/h(H,9,10);. The van der Waals surface area contributed by atoms with Crippen LogP contribution in [0, 0.1) is 0 Å². The van der Waals surface area contributed by atoms with Crippen LogP contribution in [0.3, 0.4) is 0 Å². The summed E-state index contributed by atoms with van der Waals surface area (Å²) in [5.41, 5.74) is 0. The van der Waals surface area contributed by atoms with Gasteiger partial charge in [0.15, 0.2) is 0 Å². The van der Waals surface area contributed by atoms with Gasteiger partial charge in [-0.15, -0.1) is 0 Å². The molecule has 0 aromatic rings. The number of halogens is 5. The molecule has 0 saturated heterocycles. The number of carboxylic acid groups (broad SMARTS) is 1. The van der Waals surface area contributed by atoms with E-state index in [2.05, 4.69) is 0 Å². The first-order valence-electron chi connectivity index (χ1n) is 1.87. The van der Waals surface area contributed by atoms with Crippen molar-refractivity contribution in [3.8, 4) is 0 Å². The van der Waals surface area contributed by atoms with Gasteiger partial charge in [0.2, 0.25) is 0 Å². The minimum atomic E-state index is -5.36. The summed E-state index contributed by atoms with van der Waals surface area (Å²) in [6, 6.07) is 0. The van der Waals surface area contributed by atoms with E-state index in [1.165, 1.54) is 0 Å². The van der Waals surface area contributed by atoms with Crippen molar-refractivity contribution in [1.29, 1.82) is 0 Å². The highest BCUT2D eigenvalue weighted by Crippen LogP contribution is 2.39. The van der Waals surface area contributed by atoms with E-state index in [1.54, 1.807) is 0 Å². The summed E-state index contributed by atoms with van der Waals surface area (Å²) < 4.78 is 41.8. The molecule has 2 radical (unpaired) electrons. The average molecular weight is 296 g/mol. The Labute approximate surface area is 88.6 Å². The maximum atomic E-state index is 12.0. The summed E-state index contributed by atoms with van der Waals surface area (Å²) in [6.45, 7) is 0. The second-order valence-electron chi connectivity index (χ2n) is 1.38. The molecule has 0 aliphatic rings. The van der Waals surface area contributed by atoms with Crippen LogP contribution >= 0.6 is 22.6 Å². The normalized spacial score (nSPS) is 16.5. The van der Waals surface area contributed by atoms with Crippen LogP contribution in [0.5, 0.6) is 0 Å². The van der Waals surface area contributed by atoms with Crippen LogP contribution in [0.25, 0.3) is 0 Å². The van der Waals surface area contributed by atoms with Crippen molar-refractivity contribution < 1.29 is 27.5 Å². The summed E-state index contributed by atoms with van der Waals surface area (Å²) in [7, 11) is 0. The van der Waals surface area contributed by atoms with Crippen LogP contribution in [0.4, 0.5) is 17.6 Å². The topological polar surface area (TPSA) is 37.3 Å². The number of alkyl halides is 5. The number of hydrogen-bond donors (Lipinski definition) is 1. The van der Waals surface area contributed by atoms with Crippen LogP contribution in [-0.2, 0) is 4.79 Å². The Bertz CT molecular complexity index is 156. The molecule has 0 amide bonds. The lowest BCUT2D eigenvalue weighted by molar-refractivity contribution is -0.202. The van der Waals surface area contributed by atoms with Crippen molar-refractivity contribution in [1.82, 2.24) is 0 Å². The number of rotatable bonds is 1. The van der Waals surface area contributed by atoms with E-state index >= 15 is 0 Å². The maximum Gasteiger partial charge on any atom is 0.443 e. The Morgan fingerprint density at radius 3 is 1.55 bits per heavy atom. The summed E-state index contributed by atoms with van der Waals surface area (Å²) in [5, 5.41) is 7.67. The predicted octanol–water partition coefficient (Wildman–Crippen LogP) is 1.35. The highest BCUT2D eigenvalue weighted by molar-refractivity contribution is 14.1. The predicted molar refractivity (Wildman–Crippen MR) is 37.3 cm³/mol. The molecule has 1 N–H and O–H groups in total. The zero-order valence-electron chi connectivity index (χ0n) is 4.95. The van der Waals surface area contributed by atoms with Crippen molar-refractivity contribution in [3.05, 3.63) is 0 Å². The van der Waals surface area contributed by atoms with E-state index in [-0.39, 0.29) is 45.6 Å². The summed E-state index contributed by atoms with van der Waals surface area (Å²) >= 11 is 0.181. The van der Waals surface area contributed by atoms with Crippen LogP contribution in [-0.4, -0.2) is 44.0 Å². The molecule has 0 spiro atoms. The molecule has 0 bridgehead atoms. The summed E-state index contributed by atoms with van der Waals surface area (Å²) in [6.07, 6.45) is -5.36. The van der Waals surface area contributed by atoms with E-state index in [0.717, 1.165) is 0 Å². The zero-order valence-corrected chi connectivity index (χ0v) is 8.52. The highest BCUT2D eigenvalue weighted by atomic mass is 127. The Kier molecular flexibility index (Phi) is 5.27. The maximum absolute atomic E-state index is 12.0. The van der Waals surface area contributed by atoms with Gasteiger partial charge < -0.3 is 5.11 Å². The number of carboxylic acids is 1. The fraction of sp³-hybridized carbons (Fsp3) is 0.667. The molecular weight excluding hydrogens is 295 g/mol. The average Bonchev–Trinajstić information content (AvgIpc) is 1.62. The minimum Gasteiger partial charge on any atom is -0.478 e. The molecule has 0 heterocycles. The Morgan fingerprint density at radius 2 is 1.55 bits per heavy atom.